The zero-order valence-electron chi connectivity index (χ0n) is 10.1. The van der Waals surface area contributed by atoms with Crippen LogP contribution in [0.3, 0.4) is 0 Å². The van der Waals surface area contributed by atoms with E-state index in [0.29, 0.717) is 12.1 Å². The summed E-state index contributed by atoms with van der Waals surface area (Å²) in [5.74, 6) is -7.33. The molecular formula is C12H6F3N3O3. The van der Waals surface area contributed by atoms with Crippen LogP contribution >= 0.6 is 0 Å². The third-order valence-electron chi connectivity index (χ3n) is 2.37. The summed E-state index contributed by atoms with van der Waals surface area (Å²) in [5.41, 5.74) is -1.66. The van der Waals surface area contributed by atoms with Crippen LogP contribution in [0.2, 0.25) is 0 Å². The Balaban J connectivity index is 2.38. The van der Waals surface area contributed by atoms with E-state index in [4.69, 9.17) is 5.11 Å². The number of hydrogen-bond acceptors (Lipinski definition) is 4. The fourth-order valence-electron chi connectivity index (χ4n) is 1.52. The van der Waals surface area contributed by atoms with E-state index in [0.717, 1.165) is 12.4 Å². The summed E-state index contributed by atoms with van der Waals surface area (Å²) in [6.45, 7) is 0. The number of anilines is 1. The highest BCUT2D eigenvalue weighted by Crippen LogP contribution is 2.17. The lowest BCUT2D eigenvalue weighted by molar-refractivity contribution is 0.0691. The predicted octanol–water partition coefficient (Wildman–Crippen LogP) is 1.84. The van der Waals surface area contributed by atoms with Crippen molar-refractivity contribution >= 4 is 17.7 Å². The number of nitrogens with zero attached hydrogens (tertiary/aromatic N) is 2. The molecule has 108 valence electrons. The molecule has 0 saturated heterocycles. The first-order valence-corrected chi connectivity index (χ1v) is 5.40. The van der Waals surface area contributed by atoms with Gasteiger partial charge in [-0.25, -0.2) is 27.9 Å². The van der Waals surface area contributed by atoms with E-state index in [9.17, 15) is 22.8 Å². The van der Waals surface area contributed by atoms with Gasteiger partial charge in [0, 0.05) is 24.5 Å². The van der Waals surface area contributed by atoms with Crippen molar-refractivity contribution in [2.45, 2.75) is 0 Å². The predicted molar refractivity (Wildman–Crippen MR) is 63.3 cm³/mol. The van der Waals surface area contributed by atoms with Crippen LogP contribution in [0.15, 0.2) is 24.5 Å². The Labute approximate surface area is 115 Å². The van der Waals surface area contributed by atoms with Gasteiger partial charge in [0.1, 0.15) is 23.0 Å². The average Bonchev–Trinajstić information content (AvgIpc) is 2.37. The highest BCUT2D eigenvalue weighted by atomic mass is 19.1. The van der Waals surface area contributed by atoms with E-state index in [1.54, 1.807) is 0 Å². The molecule has 0 radical (unpaired) electrons. The van der Waals surface area contributed by atoms with Crippen molar-refractivity contribution in [2.75, 3.05) is 5.32 Å². The van der Waals surface area contributed by atoms with Crippen molar-refractivity contribution in [2.24, 2.45) is 0 Å². The van der Waals surface area contributed by atoms with Crippen molar-refractivity contribution in [1.29, 1.82) is 0 Å². The summed E-state index contributed by atoms with van der Waals surface area (Å²) in [5, 5.41) is 10.8. The lowest BCUT2D eigenvalue weighted by Gasteiger charge is -2.08. The highest BCUT2D eigenvalue weighted by molar-refractivity contribution is 6.06. The number of halogens is 3. The molecule has 0 atom stereocenters. The van der Waals surface area contributed by atoms with Gasteiger partial charge < -0.3 is 10.4 Å². The van der Waals surface area contributed by atoms with Crippen LogP contribution < -0.4 is 5.32 Å². The first-order valence-electron chi connectivity index (χ1n) is 5.40. The third kappa shape index (κ3) is 2.96. The number of aromatic carboxylic acids is 1. The van der Waals surface area contributed by atoms with Crippen molar-refractivity contribution in [3.63, 3.8) is 0 Å². The Morgan fingerprint density at radius 1 is 1.05 bits per heavy atom. The molecular weight excluding hydrogens is 291 g/mol. The van der Waals surface area contributed by atoms with Crippen molar-refractivity contribution in [3.05, 3.63) is 53.2 Å². The van der Waals surface area contributed by atoms with Gasteiger partial charge in [-0.15, -0.1) is 0 Å². The SMILES string of the molecule is O=C(O)c1nccnc1NC(=O)c1c(F)cc(F)cc1F. The fraction of sp³-hybridized carbons (Fsp3) is 0. The molecule has 9 heteroatoms. The maximum absolute atomic E-state index is 13.4. The highest BCUT2D eigenvalue weighted by Gasteiger charge is 2.22. The lowest BCUT2D eigenvalue weighted by Crippen LogP contribution is -2.19. The standard InChI is InChI=1S/C12H6F3N3O3/c13-5-3-6(14)8(7(15)4-5)11(19)18-10-9(12(20)21)16-1-2-17-10/h1-4H,(H,20,21)(H,17,18,19). The molecule has 0 spiro atoms. The van der Waals surface area contributed by atoms with Crippen LogP contribution in [0.25, 0.3) is 0 Å². The number of carbonyl (C=O) groups excluding carboxylic acids is 1. The molecule has 0 unspecified atom stereocenters. The third-order valence-corrected chi connectivity index (χ3v) is 2.37. The number of hydrogen-bond donors (Lipinski definition) is 2. The quantitative estimate of drug-likeness (QED) is 0.902. The molecule has 1 aromatic heterocycles. The topological polar surface area (TPSA) is 92.2 Å². The van der Waals surface area contributed by atoms with Gasteiger partial charge in [-0.05, 0) is 0 Å². The molecule has 2 rings (SSSR count). The Hall–Kier alpha value is -2.97. The Morgan fingerprint density at radius 2 is 1.62 bits per heavy atom. The van der Waals surface area contributed by atoms with Gasteiger partial charge in [-0.3, -0.25) is 4.79 Å². The van der Waals surface area contributed by atoms with Gasteiger partial charge in [0.05, 0.1) is 0 Å². The monoisotopic (exact) mass is 297 g/mol. The normalized spacial score (nSPS) is 10.2. The number of amides is 1. The summed E-state index contributed by atoms with van der Waals surface area (Å²) in [7, 11) is 0. The summed E-state index contributed by atoms with van der Waals surface area (Å²) < 4.78 is 39.6. The molecule has 1 amide bonds. The zero-order valence-corrected chi connectivity index (χ0v) is 10.1. The van der Waals surface area contributed by atoms with E-state index < -0.39 is 46.4 Å². The van der Waals surface area contributed by atoms with Crippen LogP contribution in [0, 0.1) is 17.5 Å². The molecule has 0 saturated carbocycles. The number of carbonyl (C=O) groups is 2. The van der Waals surface area contributed by atoms with E-state index in [1.165, 1.54) is 0 Å². The van der Waals surface area contributed by atoms with Gasteiger partial charge in [-0.2, -0.15) is 0 Å². The van der Waals surface area contributed by atoms with Gasteiger partial charge in [0.25, 0.3) is 5.91 Å². The second-order valence-corrected chi connectivity index (χ2v) is 3.76. The fourth-order valence-corrected chi connectivity index (χ4v) is 1.52. The molecule has 0 aliphatic heterocycles. The van der Waals surface area contributed by atoms with Gasteiger partial charge in [-0.1, -0.05) is 0 Å². The summed E-state index contributed by atoms with van der Waals surface area (Å²) in [4.78, 5) is 29.6. The van der Waals surface area contributed by atoms with E-state index in [1.807, 2.05) is 5.32 Å². The largest absolute Gasteiger partial charge is 0.476 e. The number of aromatic nitrogens is 2. The van der Waals surface area contributed by atoms with E-state index in [2.05, 4.69) is 9.97 Å². The second kappa shape index (κ2) is 5.57. The molecule has 2 aromatic rings. The van der Waals surface area contributed by atoms with Crippen LogP contribution in [-0.4, -0.2) is 27.0 Å². The molecule has 0 bridgehead atoms. The Bertz CT molecular complexity index is 714. The van der Waals surface area contributed by atoms with Crippen molar-refractivity contribution in [3.8, 4) is 0 Å². The van der Waals surface area contributed by atoms with E-state index in [-0.39, 0.29) is 0 Å². The number of carboxylic acid groups (broad SMARTS) is 1. The summed E-state index contributed by atoms with van der Waals surface area (Å²) in [6, 6.07) is 0.652. The molecule has 0 aliphatic rings. The minimum atomic E-state index is -1.49. The van der Waals surface area contributed by atoms with Crippen LogP contribution in [0.5, 0.6) is 0 Å². The van der Waals surface area contributed by atoms with Crippen molar-refractivity contribution in [1.82, 2.24) is 9.97 Å². The summed E-state index contributed by atoms with van der Waals surface area (Å²) >= 11 is 0. The number of benzene rings is 1. The minimum Gasteiger partial charge on any atom is -0.476 e. The first-order chi connectivity index (χ1) is 9.90. The molecule has 0 aliphatic carbocycles. The molecule has 1 aromatic carbocycles. The molecule has 21 heavy (non-hydrogen) atoms. The zero-order chi connectivity index (χ0) is 15.6. The van der Waals surface area contributed by atoms with Crippen LogP contribution in [0.1, 0.15) is 20.8 Å². The Kier molecular flexibility index (Phi) is 3.83. The number of nitrogens with one attached hydrogen (secondary N) is 1. The Morgan fingerprint density at radius 3 is 2.19 bits per heavy atom. The van der Waals surface area contributed by atoms with Crippen LogP contribution in [0.4, 0.5) is 19.0 Å². The molecule has 0 fully saturated rings. The molecule has 6 nitrogen and oxygen atoms in total. The smallest absolute Gasteiger partial charge is 0.358 e. The van der Waals surface area contributed by atoms with Crippen molar-refractivity contribution < 1.29 is 27.9 Å². The maximum Gasteiger partial charge on any atom is 0.358 e. The van der Waals surface area contributed by atoms with E-state index >= 15 is 0 Å². The summed E-state index contributed by atoms with van der Waals surface area (Å²) in [6.07, 6.45) is 2.15. The second-order valence-electron chi connectivity index (χ2n) is 3.76. The molecule has 1 heterocycles. The average molecular weight is 297 g/mol. The molecule has 2 N–H and O–H groups in total. The van der Waals surface area contributed by atoms with Gasteiger partial charge in [0.15, 0.2) is 11.5 Å². The lowest BCUT2D eigenvalue weighted by atomic mass is 10.1. The minimum absolute atomic E-state index is 0.326. The first kappa shape index (κ1) is 14.4. The van der Waals surface area contributed by atoms with Gasteiger partial charge in [0.2, 0.25) is 0 Å². The van der Waals surface area contributed by atoms with Crippen LogP contribution in [-0.2, 0) is 0 Å². The maximum atomic E-state index is 13.4. The number of carboxylic acids is 1. The van der Waals surface area contributed by atoms with Gasteiger partial charge >= 0.3 is 5.97 Å². The number of rotatable bonds is 3.